The standard InChI is InChI=1S/C16H19Br2NSi/c1-20(2,3)13-9-7-12(8-10-13)11-19-16-14(17)5-4-6-15(16)18/h4-10,19H,11H2,1-3H3. The van der Waals surface area contributed by atoms with Crippen LogP contribution in [-0.4, -0.2) is 8.07 Å². The molecule has 0 saturated carbocycles. The van der Waals surface area contributed by atoms with Gasteiger partial charge in [-0.15, -0.1) is 0 Å². The molecule has 20 heavy (non-hydrogen) atoms. The van der Waals surface area contributed by atoms with E-state index in [4.69, 9.17) is 0 Å². The summed E-state index contributed by atoms with van der Waals surface area (Å²) in [5.41, 5.74) is 2.40. The highest BCUT2D eigenvalue weighted by Crippen LogP contribution is 2.30. The lowest BCUT2D eigenvalue weighted by molar-refractivity contribution is 1.14. The molecule has 1 N–H and O–H groups in total. The summed E-state index contributed by atoms with van der Waals surface area (Å²) in [5.74, 6) is 0. The number of hydrogen-bond donors (Lipinski definition) is 1. The fourth-order valence-corrected chi connectivity index (χ4v) is 4.43. The van der Waals surface area contributed by atoms with Crippen molar-refractivity contribution in [2.24, 2.45) is 0 Å². The molecule has 0 aliphatic heterocycles. The van der Waals surface area contributed by atoms with Crippen molar-refractivity contribution in [2.75, 3.05) is 5.32 Å². The van der Waals surface area contributed by atoms with Gasteiger partial charge in [0.05, 0.1) is 13.8 Å². The Morgan fingerprint density at radius 1 is 0.900 bits per heavy atom. The molecule has 106 valence electrons. The summed E-state index contributed by atoms with van der Waals surface area (Å²) < 4.78 is 2.15. The van der Waals surface area contributed by atoms with E-state index in [1.807, 2.05) is 18.2 Å². The maximum atomic E-state index is 3.57. The number of rotatable bonds is 4. The van der Waals surface area contributed by atoms with Gasteiger partial charge in [-0.25, -0.2) is 0 Å². The van der Waals surface area contributed by atoms with Crippen molar-refractivity contribution in [1.29, 1.82) is 0 Å². The van der Waals surface area contributed by atoms with Crippen LogP contribution in [0.5, 0.6) is 0 Å². The molecular weight excluding hydrogens is 394 g/mol. The van der Waals surface area contributed by atoms with Gasteiger partial charge in [-0.1, -0.05) is 55.2 Å². The van der Waals surface area contributed by atoms with E-state index in [2.05, 4.69) is 81.1 Å². The Morgan fingerprint density at radius 2 is 1.45 bits per heavy atom. The predicted molar refractivity (Wildman–Crippen MR) is 98.6 cm³/mol. The first-order valence-electron chi connectivity index (χ1n) is 6.65. The average molecular weight is 413 g/mol. The summed E-state index contributed by atoms with van der Waals surface area (Å²) in [6.45, 7) is 7.95. The van der Waals surface area contributed by atoms with E-state index in [1.165, 1.54) is 10.8 Å². The number of hydrogen-bond acceptors (Lipinski definition) is 1. The van der Waals surface area contributed by atoms with E-state index >= 15 is 0 Å². The van der Waals surface area contributed by atoms with Crippen LogP contribution >= 0.6 is 31.9 Å². The van der Waals surface area contributed by atoms with Gasteiger partial charge in [0.15, 0.2) is 0 Å². The molecule has 2 aromatic rings. The number of halogens is 2. The lowest BCUT2D eigenvalue weighted by Gasteiger charge is -2.17. The molecule has 0 atom stereocenters. The molecule has 0 spiro atoms. The summed E-state index contributed by atoms with van der Waals surface area (Å²) in [6.07, 6.45) is 0. The molecule has 0 aliphatic rings. The third kappa shape index (κ3) is 3.96. The van der Waals surface area contributed by atoms with Crippen LogP contribution in [0.3, 0.4) is 0 Å². The Labute approximate surface area is 139 Å². The molecule has 0 amide bonds. The summed E-state index contributed by atoms with van der Waals surface area (Å²) in [4.78, 5) is 0. The molecule has 1 nitrogen and oxygen atoms in total. The van der Waals surface area contributed by atoms with Crippen molar-refractivity contribution in [3.63, 3.8) is 0 Å². The molecule has 0 radical (unpaired) electrons. The second-order valence-corrected chi connectivity index (χ2v) is 12.7. The number of nitrogens with one attached hydrogen (secondary N) is 1. The minimum atomic E-state index is -1.20. The molecule has 0 aromatic heterocycles. The van der Waals surface area contributed by atoms with Gasteiger partial charge in [0.2, 0.25) is 0 Å². The largest absolute Gasteiger partial charge is 0.379 e. The van der Waals surface area contributed by atoms with Crippen LogP contribution in [0.4, 0.5) is 5.69 Å². The Morgan fingerprint density at radius 3 is 1.95 bits per heavy atom. The first-order chi connectivity index (χ1) is 9.38. The summed E-state index contributed by atoms with van der Waals surface area (Å²) in [5, 5.41) is 4.98. The third-order valence-corrected chi connectivity index (χ3v) is 6.64. The topological polar surface area (TPSA) is 12.0 Å². The van der Waals surface area contributed by atoms with Gasteiger partial charge in [-0.05, 0) is 49.6 Å². The van der Waals surface area contributed by atoms with Crippen molar-refractivity contribution in [1.82, 2.24) is 0 Å². The van der Waals surface area contributed by atoms with Gasteiger partial charge >= 0.3 is 0 Å². The van der Waals surface area contributed by atoms with Crippen LogP contribution in [-0.2, 0) is 6.54 Å². The highest BCUT2D eigenvalue weighted by Gasteiger charge is 2.15. The highest BCUT2D eigenvalue weighted by molar-refractivity contribution is 9.11. The summed E-state index contributed by atoms with van der Waals surface area (Å²) in [6, 6.07) is 15.1. The monoisotopic (exact) mass is 411 g/mol. The quantitative estimate of drug-likeness (QED) is 0.665. The van der Waals surface area contributed by atoms with Crippen molar-refractivity contribution in [3.8, 4) is 0 Å². The highest BCUT2D eigenvalue weighted by atomic mass is 79.9. The fourth-order valence-electron chi connectivity index (χ4n) is 1.98. The first-order valence-corrected chi connectivity index (χ1v) is 11.7. The fraction of sp³-hybridized carbons (Fsp3) is 0.250. The predicted octanol–water partition coefficient (Wildman–Crippen LogP) is 5.37. The molecule has 4 heteroatoms. The van der Waals surface area contributed by atoms with Gasteiger partial charge in [0.1, 0.15) is 0 Å². The SMILES string of the molecule is C[Si](C)(C)c1ccc(CNc2c(Br)cccc2Br)cc1. The summed E-state index contributed by atoms with van der Waals surface area (Å²) >= 11 is 7.14. The maximum absolute atomic E-state index is 3.57. The van der Waals surface area contributed by atoms with E-state index < -0.39 is 8.07 Å². The molecule has 0 unspecified atom stereocenters. The van der Waals surface area contributed by atoms with Crippen molar-refractivity contribution >= 4 is 50.8 Å². The van der Waals surface area contributed by atoms with E-state index in [1.54, 1.807) is 0 Å². The van der Waals surface area contributed by atoms with Gasteiger partial charge in [0, 0.05) is 15.5 Å². The second kappa shape index (κ2) is 6.46. The zero-order valence-electron chi connectivity index (χ0n) is 12.0. The average Bonchev–Trinajstić information content (AvgIpc) is 2.37. The van der Waals surface area contributed by atoms with Crippen LogP contribution < -0.4 is 10.5 Å². The van der Waals surface area contributed by atoms with Crippen molar-refractivity contribution in [2.45, 2.75) is 26.2 Å². The Kier molecular flexibility index (Phi) is 5.10. The van der Waals surface area contributed by atoms with Crippen LogP contribution in [0.15, 0.2) is 51.4 Å². The lowest BCUT2D eigenvalue weighted by atomic mass is 10.2. The Balaban J connectivity index is 2.08. The lowest BCUT2D eigenvalue weighted by Crippen LogP contribution is -2.37. The van der Waals surface area contributed by atoms with E-state index in [0.29, 0.717) is 0 Å². The minimum Gasteiger partial charge on any atom is -0.379 e. The second-order valence-electron chi connectivity index (χ2n) is 5.90. The minimum absolute atomic E-state index is 0.827. The zero-order chi connectivity index (χ0) is 14.8. The maximum Gasteiger partial charge on any atom is 0.0775 e. The van der Waals surface area contributed by atoms with Gasteiger partial charge in [-0.2, -0.15) is 0 Å². The Hall–Kier alpha value is -0.583. The first kappa shape index (κ1) is 15.8. The molecule has 0 bridgehead atoms. The van der Waals surface area contributed by atoms with Gasteiger partial charge < -0.3 is 5.32 Å². The van der Waals surface area contributed by atoms with E-state index in [0.717, 1.165) is 21.2 Å². The smallest absolute Gasteiger partial charge is 0.0775 e. The Bertz CT molecular complexity index is 568. The third-order valence-electron chi connectivity index (χ3n) is 3.25. The number of para-hydroxylation sites is 1. The van der Waals surface area contributed by atoms with Gasteiger partial charge in [0.25, 0.3) is 0 Å². The van der Waals surface area contributed by atoms with Crippen molar-refractivity contribution < 1.29 is 0 Å². The van der Waals surface area contributed by atoms with E-state index in [-0.39, 0.29) is 0 Å². The number of benzene rings is 2. The molecule has 0 saturated heterocycles. The van der Waals surface area contributed by atoms with Crippen LogP contribution in [0.1, 0.15) is 5.56 Å². The number of anilines is 1. The molecular formula is C16H19Br2NSi. The summed E-state index contributed by atoms with van der Waals surface area (Å²) in [7, 11) is -1.20. The molecule has 2 aromatic carbocycles. The van der Waals surface area contributed by atoms with Crippen LogP contribution in [0.25, 0.3) is 0 Å². The molecule has 2 rings (SSSR count). The van der Waals surface area contributed by atoms with Crippen LogP contribution in [0.2, 0.25) is 19.6 Å². The van der Waals surface area contributed by atoms with Crippen LogP contribution in [0, 0.1) is 0 Å². The zero-order valence-corrected chi connectivity index (χ0v) is 16.2. The van der Waals surface area contributed by atoms with Gasteiger partial charge in [-0.3, -0.25) is 0 Å². The van der Waals surface area contributed by atoms with E-state index in [9.17, 15) is 0 Å². The molecule has 0 heterocycles. The van der Waals surface area contributed by atoms with Crippen molar-refractivity contribution in [3.05, 3.63) is 57.0 Å². The molecule has 0 fully saturated rings. The molecule has 0 aliphatic carbocycles. The normalized spacial score (nSPS) is 11.4.